The van der Waals surface area contributed by atoms with Crippen LogP contribution in [0.5, 0.6) is 0 Å². The second-order valence-corrected chi connectivity index (χ2v) is 7.45. The SMILES string of the molecule is CCCCCCCCCCCCCC(=O)OC(=O)[C@@H](N)CCSC. The van der Waals surface area contributed by atoms with Crippen LogP contribution in [0, 0.1) is 0 Å². The Balaban J connectivity index is 3.41. The van der Waals surface area contributed by atoms with Crippen molar-refractivity contribution in [1.82, 2.24) is 0 Å². The maximum atomic E-state index is 11.6. The third-order valence-electron chi connectivity index (χ3n) is 4.13. The van der Waals surface area contributed by atoms with Gasteiger partial charge in [-0.05, 0) is 24.9 Å². The molecule has 0 fully saturated rings. The van der Waals surface area contributed by atoms with Gasteiger partial charge in [-0.1, -0.05) is 71.1 Å². The Morgan fingerprint density at radius 2 is 1.42 bits per heavy atom. The quantitative estimate of drug-likeness (QED) is 0.243. The van der Waals surface area contributed by atoms with E-state index in [0.717, 1.165) is 25.0 Å². The molecular formula is C19H37NO3S. The first-order valence-corrected chi connectivity index (χ1v) is 11.0. The molecule has 5 heteroatoms. The molecule has 0 aromatic rings. The lowest BCUT2D eigenvalue weighted by Crippen LogP contribution is -2.34. The fraction of sp³-hybridized carbons (Fsp3) is 0.895. The van der Waals surface area contributed by atoms with Gasteiger partial charge >= 0.3 is 11.9 Å². The number of ether oxygens (including phenoxy) is 1. The highest BCUT2D eigenvalue weighted by Crippen LogP contribution is 2.12. The topological polar surface area (TPSA) is 69.4 Å². The summed E-state index contributed by atoms with van der Waals surface area (Å²) in [6.07, 6.45) is 16.4. The van der Waals surface area contributed by atoms with Crippen molar-refractivity contribution in [2.75, 3.05) is 12.0 Å². The molecule has 0 rings (SSSR count). The molecule has 0 aliphatic carbocycles. The number of nitrogens with two attached hydrogens (primary N) is 1. The highest BCUT2D eigenvalue weighted by Gasteiger charge is 2.17. The van der Waals surface area contributed by atoms with E-state index in [4.69, 9.17) is 10.5 Å². The molecule has 0 unspecified atom stereocenters. The van der Waals surface area contributed by atoms with Gasteiger partial charge in [0.25, 0.3) is 0 Å². The minimum absolute atomic E-state index is 0.317. The Morgan fingerprint density at radius 3 is 1.92 bits per heavy atom. The number of rotatable bonds is 16. The second kappa shape index (κ2) is 17.3. The van der Waals surface area contributed by atoms with Gasteiger partial charge < -0.3 is 10.5 Å². The van der Waals surface area contributed by atoms with Crippen LogP contribution in [0.3, 0.4) is 0 Å². The maximum Gasteiger partial charge on any atom is 0.330 e. The molecule has 1 atom stereocenters. The van der Waals surface area contributed by atoms with Crippen LogP contribution in [0.4, 0.5) is 0 Å². The predicted octanol–water partition coefficient (Wildman–Crippen LogP) is 4.84. The van der Waals surface area contributed by atoms with Gasteiger partial charge in [-0.2, -0.15) is 11.8 Å². The van der Waals surface area contributed by atoms with Gasteiger partial charge in [0.2, 0.25) is 0 Å². The Kier molecular flexibility index (Phi) is 16.9. The summed E-state index contributed by atoms with van der Waals surface area (Å²) in [4.78, 5) is 23.2. The number of hydrogen-bond donors (Lipinski definition) is 1. The Hall–Kier alpha value is -0.550. The van der Waals surface area contributed by atoms with Crippen LogP contribution in [0.15, 0.2) is 0 Å². The van der Waals surface area contributed by atoms with E-state index in [2.05, 4.69) is 6.92 Å². The highest BCUT2D eigenvalue weighted by atomic mass is 32.2. The zero-order valence-electron chi connectivity index (χ0n) is 15.7. The standard InChI is InChI=1S/C19H37NO3S/c1-3-4-5-6-7-8-9-10-11-12-13-14-18(21)23-19(22)17(20)15-16-24-2/h17H,3-16,20H2,1-2H3/t17-/m0/s1. The van der Waals surface area contributed by atoms with Gasteiger partial charge in [0.1, 0.15) is 6.04 Å². The highest BCUT2D eigenvalue weighted by molar-refractivity contribution is 7.98. The van der Waals surface area contributed by atoms with Crippen molar-refractivity contribution in [1.29, 1.82) is 0 Å². The van der Waals surface area contributed by atoms with Crippen LogP contribution < -0.4 is 5.73 Å². The Bertz CT molecular complexity index is 324. The van der Waals surface area contributed by atoms with E-state index in [9.17, 15) is 9.59 Å². The molecule has 0 aromatic carbocycles. The summed E-state index contributed by atoms with van der Waals surface area (Å²) in [5.41, 5.74) is 5.67. The van der Waals surface area contributed by atoms with E-state index < -0.39 is 18.0 Å². The summed E-state index contributed by atoms with van der Waals surface area (Å²) in [6.45, 7) is 2.24. The molecule has 0 aromatic heterocycles. The molecule has 0 aliphatic rings. The maximum absolute atomic E-state index is 11.6. The Morgan fingerprint density at radius 1 is 0.917 bits per heavy atom. The zero-order chi connectivity index (χ0) is 18.0. The smallest absolute Gasteiger partial charge is 0.330 e. The third-order valence-corrected chi connectivity index (χ3v) is 4.78. The fourth-order valence-corrected chi connectivity index (χ4v) is 3.02. The van der Waals surface area contributed by atoms with Crippen molar-refractivity contribution in [3.05, 3.63) is 0 Å². The molecule has 0 aliphatic heterocycles. The van der Waals surface area contributed by atoms with Crippen LogP contribution in [0.1, 0.15) is 90.4 Å². The number of hydrogen-bond acceptors (Lipinski definition) is 5. The van der Waals surface area contributed by atoms with Crippen molar-refractivity contribution in [2.45, 2.75) is 96.4 Å². The number of carbonyl (C=O) groups is 2. The molecule has 0 amide bonds. The average Bonchev–Trinajstić information content (AvgIpc) is 2.57. The van der Waals surface area contributed by atoms with E-state index in [-0.39, 0.29) is 0 Å². The van der Waals surface area contributed by atoms with E-state index in [1.807, 2.05) is 6.26 Å². The molecule has 0 saturated carbocycles. The fourth-order valence-electron chi connectivity index (χ4n) is 2.54. The van der Waals surface area contributed by atoms with Gasteiger partial charge in [0.05, 0.1) is 0 Å². The molecule has 142 valence electrons. The van der Waals surface area contributed by atoms with Crippen molar-refractivity contribution in [3.8, 4) is 0 Å². The van der Waals surface area contributed by atoms with Crippen molar-refractivity contribution in [3.63, 3.8) is 0 Å². The third kappa shape index (κ3) is 15.0. The van der Waals surface area contributed by atoms with Gasteiger partial charge in [-0.15, -0.1) is 0 Å². The van der Waals surface area contributed by atoms with E-state index in [1.54, 1.807) is 11.8 Å². The summed E-state index contributed by atoms with van der Waals surface area (Å²) in [7, 11) is 0. The van der Waals surface area contributed by atoms with Crippen molar-refractivity contribution < 1.29 is 14.3 Å². The lowest BCUT2D eigenvalue weighted by atomic mass is 10.1. The van der Waals surface area contributed by atoms with Crippen molar-refractivity contribution >= 4 is 23.7 Å². The van der Waals surface area contributed by atoms with Crippen molar-refractivity contribution in [2.24, 2.45) is 5.73 Å². The molecule has 0 saturated heterocycles. The summed E-state index contributed by atoms with van der Waals surface area (Å²) < 4.78 is 4.79. The number of unbranched alkanes of at least 4 members (excludes halogenated alkanes) is 10. The van der Waals surface area contributed by atoms with Gasteiger partial charge in [-0.3, -0.25) is 4.79 Å². The minimum Gasteiger partial charge on any atom is -0.392 e. The van der Waals surface area contributed by atoms with Crippen LogP contribution in [-0.2, 0) is 14.3 Å². The van der Waals surface area contributed by atoms with E-state index >= 15 is 0 Å². The molecule has 0 heterocycles. The second-order valence-electron chi connectivity index (χ2n) is 6.47. The molecule has 2 N–H and O–H groups in total. The van der Waals surface area contributed by atoms with Crippen LogP contribution >= 0.6 is 11.8 Å². The average molecular weight is 360 g/mol. The molecule has 0 bridgehead atoms. The molecule has 0 spiro atoms. The normalized spacial score (nSPS) is 12.1. The molecule has 0 radical (unpaired) electrons. The van der Waals surface area contributed by atoms with Gasteiger partial charge in [-0.25, -0.2) is 4.79 Å². The minimum atomic E-state index is -0.682. The first-order chi connectivity index (χ1) is 11.6. The van der Waals surface area contributed by atoms with Crippen LogP contribution in [-0.4, -0.2) is 30.0 Å². The monoisotopic (exact) mass is 359 g/mol. The number of carbonyl (C=O) groups excluding carboxylic acids is 2. The molecule has 24 heavy (non-hydrogen) atoms. The number of esters is 2. The zero-order valence-corrected chi connectivity index (χ0v) is 16.5. The first kappa shape index (κ1) is 23.4. The molecule has 4 nitrogen and oxygen atoms in total. The summed E-state index contributed by atoms with van der Waals surface area (Å²) in [6, 6.07) is -0.682. The molecular weight excluding hydrogens is 322 g/mol. The lowest BCUT2D eigenvalue weighted by Gasteiger charge is -2.09. The van der Waals surface area contributed by atoms with Crippen LogP contribution in [0.25, 0.3) is 0 Å². The Labute approximate surface area is 152 Å². The van der Waals surface area contributed by atoms with Gasteiger partial charge in [0, 0.05) is 6.42 Å². The summed E-state index contributed by atoms with van der Waals surface area (Å²) >= 11 is 1.62. The predicted molar refractivity (Wildman–Crippen MR) is 103 cm³/mol. The van der Waals surface area contributed by atoms with E-state index in [1.165, 1.54) is 51.4 Å². The summed E-state index contributed by atoms with van der Waals surface area (Å²) in [5.74, 6) is -0.226. The largest absolute Gasteiger partial charge is 0.392 e. The van der Waals surface area contributed by atoms with Gasteiger partial charge in [0.15, 0.2) is 0 Å². The number of thioether (sulfide) groups is 1. The van der Waals surface area contributed by atoms with Crippen LogP contribution in [0.2, 0.25) is 0 Å². The first-order valence-electron chi connectivity index (χ1n) is 9.60. The lowest BCUT2D eigenvalue weighted by molar-refractivity contribution is -0.160. The van der Waals surface area contributed by atoms with E-state index in [0.29, 0.717) is 12.8 Å². The summed E-state index contributed by atoms with van der Waals surface area (Å²) in [5, 5.41) is 0.